The van der Waals surface area contributed by atoms with Crippen LogP contribution in [0.3, 0.4) is 0 Å². The van der Waals surface area contributed by atoms with Gasteiger partial charge in [-0.1, -0.05) is 11.6 Å². The zero-order valence-corrected chi connectivity index (χ0v) is 26.8. The van der Waals surface area contributed by atoms with Gasteiger partial charge in [-0.25, -0.2) is 35.5 Å². The minimum atomic E-state index is -4.34. The number of sulfonamides is 1. The number of Topliss-reactive ketones (excluding diaryl/α,β-unsaturated/α-hetero) is 1. The average molecular weight is 706 g/mol. The summed E-state index contributed by atoms with van der Waals surface area (Å²) in [5, 5.41) is 10.5. The van der Waals surface area contributed by atoms with Gasteiger partial charge in [-0.3, -0.25) is 9.59 Å². The number of rotatable bonds is 16. The summed E-state index contributed by atoms with van der Waals surface area (Å²) in [5.74, 6) is -6.04. The maximum absolute atomic E-state index is 13.4. The molecular formula is C28H30ClF2N3O10S2. The normalized spacial score (nSPS) is 13.1. The Morgan fingerprint density at radius 1 is 1.02 bits per heavy atom. The maximum atomic E-state index is 13.4. The van der Waals surface area contributed by atoms with Gasteiger partial charge in [-0.2, -0.15) is 0 Å². The van der Waals surface area contributed by atoms with Crippen molar-refractivity contribution in [2.24, 2.45) is 5.14 Å². The number of sulfone groups is 1. The monoisotopic (exact) mass is 705 g/mol. The van der Waals surface area contributed by atoms with E-state index >= 15 is 0 Å². The number of benzene rings is 2. The van der Waals surface area contributed by atoms with Crippen molar-refractivity contribution in [1.29, 1.82) is 0 Å². The predicted octanol–water partition coefficient (Wildman–Crippen LogP) is 2.84. The van der Waals surface area contributed by atoms with Crippen molar-refractivity contribution in [3.63, 3.8) is 0 Å². The molecule has 4 N–H and O–H groups in total. The number of nitrogens with one attached hydrogen (secondary N) is 2. The molecule has 1 aromatic heterocycles. The first kappa shape index (κ1) is 36.6. The molecular weight excluding hydrogens is 676 g/mol. The summed E-state index contributed by atoms with van der Waals surface area (Å²) in [5.41, 5.74) is -0.462. The van der Waals surface area contributed by atoms with Crippen LogP contribution in [0.1, 0.15) is 40.3 Å². The molecule has 0 radical (unpaired) electrons. The highest BCUT2D eigenvalue weighted by molar-refractivity contribution is 7.92. The van der Waals surface area contributed by atoms with Gasteiger partial charge in [0.15, 0.2) is 15.6 Å². The SMILES string of the molecule is C[C@@H](COC(=O)CS(=O)(=O)CCOC(=O)c1cc(S(N)(=O)=O)c(Cl)cc1NCc1ccco1)N[C@H](C)C(=O)c1cc(F)cc(F)c1. The lowest BCUT2D eigenvalue weighted by Gasteiger charge is -2.19. The second kappa shape index (κ2) is 15.6. The first-order valence-corrected chi connectivity index (χ1v) is 17.1. The highest BCUT2D eigenvalue weighted by atomic mass is 35.5. The highest BCUT2D eigenvalue weighted by Crippen LogP contribution is 2.29. The Bertz CT molecular complexity index is 1780. The highest BCUT2D eigenvalue weighted by Gasteiger charge is 2.24. The fraction of sp³-hybridized carbons (Fsp3) is 0.321. The molecule has 2 aromatic carbocycles. The molecule has 0 fully saturated rings. The fourth-order valence-corrected chi connectivity index (χ4v) is 6.05. The maximum Gasteiger partial charge on any atom is 0.340 e. The number of carbonyl (C=O) groups excluding carboxylic acids is 3. The van der Waals surface area contributed by atoms with Crippen molar-refractivity contribution >= 4 is 54.9 Å². The van der Waals surface area contributed by atoms with Gasteiger partial charge in [0, 0.05) is 17.7 Å². The molecule has 3 rings (SSSR count). The number of primary sulfonamides is 1. The molecule has 0 aliphatic carbocycles. The van der Waals surface area contributed by atoms with Crippen molar-refractivity contribution in [3.05, 3.63) is 82.3 Å². The van der Waals surface area contributed by atoms with Crippen LogP contribution in [0.4, 0.5) is 14.5 Å². The van der Waals surface area contributed by atoms with Gasteiger partial charge in [0.05, 0.1) is 40.9 Å². The fourth-order valence-electron chi connectivity index (χ4n) is 4.03. The largest absolute Gasteiger partial charge is 0.467 e. The van der Waals surface area contributed by atoms with E-state index in [2.05, 4.69) is 10.6 Å². The molecule has 0 saturated carbocycles. The molecule has 0 bridgehead atoms. The second-order valence-electron chi connectivity index (χ2n) is 10.0. The molecule has 13 nitrogen and oxygen atoms in total. The number of hydrogen-bond donors (Lipinski definition) is 3. The molecule has 0 spiro atoms. The number of ether oxygens (including phenoxy) is 2. The Kier molecular flexibility index (Phi) is 12.4. The van der Waals surface area contributed by atoms with Crippen molar-refractivity contribution in [2.45, 2.75) is 37.4 Å². The molecule has 18 heteroatoms. The molecule has 250 valence electrons. The molecule has 0 aliphatic heterocycles. The zero-order valence-electron chi connectivity index (χ0n) is 24.4. The van der Waals surface area contributed by atoms with Gasteiger partial charge in [0.1, 0.15) is 41.3 Å². The Balaban J connectivity index is 1.53. The summed E-state index contributed by atoms with van der Waals surface area (Å²) in [6.07, 6.45) is 1.42. The van der Waals surface area contributed by atoms with E-state index in [0.29, 0.717) is 11.8 Å². The second-order valence-corrected chi connectivity index (χ2v) is 14.1. The summed E-state index contributed by atoms with van der Waals surface area (Å²) >= 11 is 6.04. The summed E-state index contributed by atoms with van der Waals surface area (Å²) in [7, 11) is -8.48. The summed E-state index contributed by atoms with van der Waals surface area (Å²) in [6.45, 7) is 2.01. The third kappa shape index (κ3) is 10.9. The molecule has 0 unspecified atom stereocenters. The van der Waals surface area contributed by atoms with E-state index in [1.165, 1.54) is 20.1 Å². The summed E-state index contributed by atoms with van der Waals surface area (Å²) < 4.78 is 90.9. The number of furan rings is 1. The first-order valence-electron chi connectivity index (χ1n) is 13.4. The lowest BCUT2D eigenvalue weighted by atomic mass is 10.0. The Morgan fingerprint density at radius 2 is 1.70 bits per heavy atom. The van der Waals surface area contributed by atoms with Crippen molar-refractivity contribution in [3.8, 4) is 0 Å². The standard InChI is InChI=1S/C28H30ClF2N3O10S2/c1-16(34-17(2)27(36)18-8-19(30)10-20(31)9-18)14-44-26(35)15-45(38,39)7-6-43-28(37)22-11-25(46(32,40)41)23(29)12-24(22)33-13-21-4-3-5-42-21/h3-5,8-12,16-17,33-34H,6-7,13-15H2,1-2H3,(H2,32,40,41)/t16-,17+/m0/s1. The number of hydrogen-bond acceptors (Lipinski definition) is 12. The minimum absolute atomic E-state index is 0.0482. The molecule has 0 aliphatic rings. The predicted molar refractivity (Wildman–Crippen MR) is 162 cm³/mol. The lowest BCUT2D eigenvalue weighted by Crippen LogP contribution is -2.42. The van der Waals surface area contributed by atoms with Crippen molar-refractivity contribution in [2.75, 3.05) is 30.0 Å². The van der Waals surface area contributed by atoms with Gasteiger partial charge < -0.3 is 24.5 Å². The molecule has 3 aromatic rings. The number of halogens is 3. The lowest BCUT2D eigenvalue weighted by molar-refractivity contribution is -0.141. The van der Waals surface area contributed by atoms with E-state index in [4.69, 9.17) is 30.6 Å². The van der Waals surface area contributed by atoms with E-state index in [1.54, 1.807) is 12.1 Å². The van der Waals surface area contributed by atoms with Crippen LogP contribution in [-0.4, -0.2) is 71.4 Å². The van der Waals surface area contributed by atoms with Crippen LogP contribution < -0.4 is 15.8 Å². The number of nitrogens with two attached hydrogens (primary N) is 1. The van der Waals surface area contributed by atoms with Crippen LogP contribution >= 0.6 is 11.6 Å². The van der Waals surface area contributed by atoms with E-state index in [9.17, 15) is 40.0 Å². The van der Waals surface area contributed by atoms with E-state index in [1.807, 2.05) is 0 Å². The Morgan fingerprint density at radius 3 is 2.30 bits per heavy atom. The summed E-state index contributed by atoms with van der Waals surface area (Å²) in [4.78, 5) is 36.9. The van der Waals surface area contributed by atoms with Crippen molar-refractivity contribution in [1.82, 2.24) is 5.32 Å². The minimum Gasteiger partial charge on any atom is -0.467 e. The molecule has 46 heavy (non-hydrogen) atoms. The Labute approximate surface area is 268 Å². The topological polar surface area (TPSA) is 201 Å². The van der Waals surface area contributed by atoms with E-state index in [0.717, 1.165) is 24.3 Å². The van der Waals surface area contributed by atoms with E-state index in [-0.39, 0.29) is 35.0 Å². The third-order valence-corrected chi connectivity index (χ3v) is 9.01. The molecule has 0 saturated heterocycles. The van der Waals surface area contributed by atoms with E-state index < -0.39 is 84.3 Å². The number of carbonyl (C=O) groups is 3. The van der Waals surface area contributed by atoms with Crippen LogP contribution in [-0.2, 0) is 40.7 Å². The quantitative estimate of drug-likeness (QED) is 0.146. The molecule has 0 amide bonds. The third-order valence-electron chi connectivity index (χ3n) is 6.17. The average Bonchev–Trinajstić information content (AvgIpc) is 3.46. The van der Waals surface area contributed by atoms with Crippen LogP contribution in [0.5, 0.6) is 0 Å². The van der Waals surface area contributed by atoms with Gasteiger partial charge in [0.25, 0.3) is 0 Å². The van der Waals surface area contributed by atoms with Crippen LogP contribution in [0.2, 0.25) is 5.02 Å². The van der Waals surface area contributed by atoms with Gasteiger partial charge in [-0.15, -0.1) is 0 Å². The van der Waals surface area contributed by atoms with Gasteiger partial charge in [-0.05, 0) is 50.2 Å². The first-order chi connectivity index (χ1) is 21.4. The van der Waals surface area contributed by atoms with Crippen LogP contribution in [0, 0.1) is 11.6 Å². The Hall–Kier alpha value is -3.90. The van der Waals surface area contributed by atoms with Gasteiger partial charge >= 0.3 is 11.9 Å². The van der Waals surface area contributed by atoms with Crippen LogP contribution in [0.15, 0.2) is 58.0 Å². The number of esters is 2. The zero-order chi connectivity index (χ0) is 34.2. The molecule has 1 heterocycles. The summed E-state index contributed by atoms with van der Waals surface area (Å²) in [6, 6.07) is 6.10. The van der Waals surface area contributed by atoms with Crippen molar-refractivity contribution < 1.29 is 53.9 Å². The smallest absolute Gasteiger partial charge is 0.340 e. The number of anilines is 1. The number of ketones is 1. The molecule has 2 atom stereocenters. The van der Waals surface area contributed by atoms with Gasteiger partial charge in [0.2, 0.25) is 10.0 Å². The van der Waals surface area contributed by atoms with Crippen LogP contribution in [0.25, 0.3) is 0 Å².